The lowest BCUT2D eigenvalue weighted by Crippen LogP contribution is -2.62. The lowest BCUT2D eigenvalue weighted by atomic mass is 9.47. The minimum Gasteiger partial charge on any atom is -0.369 e. The fraction of sp³-hybridized carbons (Fsp3) is 0.500. The van der Waals surface area contributed by atoms with Gasteiger partial charge in [0, 0.05) is 23.1 Å². The van der Waals surface area contributed by atoms with Crippen LogP contribution in [0.5, 0.6) is 0 Å². The summed E-state index contributed by atoms with van der Waals surface area (Å²) in [7, 11) is -4.07. The number of amides is 2. The highest BCUT2D eigenvalue weighted by Crippen LogP contribution is 2.59. The van der Waals surface area contributed by atoms with Gasteiger partial charge in [-0.3, -0.25) is 9.59 Å². The van der Waals surface area contributed by atoms with E-state index in [2.05, 4.69) is 5.32 Å². The van der Waals surface area contributed by atoms with E-state index in [1.54, 1.807) is 24.3 Å². The number of sulfonamides is 1. The van der Waals surface area contributed by atoms with Crippen LogP contribution in [0, 0.1) is 29.0 Å². The number of hydrogen-bond donors (Lipinski definition) is 2. The van der Waals surface area contributed by atoms with Crippen molar-refractivity contribution < 1.29 is 22.4 Å². The number of rotatable bonds is 8. The van der Waals surface area contributed by atoms with E-state index in [0.29, 0.717) is 42.7 Å². The van der Waals surface area contributed by atoms with Crippen molar-refractivity contribution in [2.24, 2.45) is 28.9 Å². The van der Waals surface area contributed by atoms with E-state index in [1.165, 1.54) is 16.4 Å². The molecule has 0 heterocycles. The molecule has 0 radical (unpaired) electrons. The molecule has 5 aliphatic carbocycles. The molecular weight excluding hydrogens is 493 g/mol. The molecule has 5 aliphatic rings. The first-order chi connectivity index (χ1) is 17.7. The van der Waals surface area contributed by atoms with Gasteiger partial charge >= 0.3 is 0 Å². The van der Waals surface area contributed by atoms with Gasteiger partial charge in [0.25, 0.3) is 0 Å². The van der Waals surface area contributed by atoms with Crippen LogP contribution < -0.4 is 11.1 Å². The third-order valence-corrected chi connectivity index (χ3v) is 10.9. The number of hydrogen-bond acceptors (Lipinski definition) is 4. The Morgan fingerprint density at radius 3 is 2.30 bits per heavy atom. The monoisotopic (exact) mass is 525 g/mol. The lowest BCUT2D eigenvalue weighted by molar-refractivity contribution is -0.147. The molecule has 0 spiro atoms. The average Bonchev–Trinajstić information content (AvgIpc) is 3.70. The predicted octanol–water partition coefficient (Wildman–Crippen LogP) is 3.44. The summed E-state index contributed by atoms with van der Waals surface area (Å²) in [6, 6.07) is 12.6. The number of halogens is 1. The maximum absolute atomic E-state index is 15.0. The third-order valence-electron chi connectivity index (χ3n) is 9.01. The minimum absolute atomic E-state index is 0.0668. The fourth-order valence-electron chi connectivity index (χ4n) is 7.35. The Labute approximate surface area is 216 Å². The van der Waals surface area contributed by atoms with Crippen molar-refractivity contribution in [1.29, 1.82) is 0 Å². The van der Waals surface area contributed by atoms with Crippen LogP contribution >= 0.6 is 0 Å². The second-order valence-electron chi connectivity index (χ2n) is 11.5. The maximum atomic E-state index is 15.0. The number of nitrogens with zero attached hydrogens (tertiary/aromatic N) is 1. The molecule has 2 atom stereocenters. The minimum atomic E-state index is -4.07. The first kappa shape index (κ1) is 24.6. The number of benzene rings is 2. The number of nitrogens with two attached hydrogens (primary N) is 1. The Morgan fingerprint density at radius 1 is 1.03 bits per heavy atom. The van der Waals surface area contributed by atoms with Gasteiger partial charge in [0.05, 0.1) is 11.4 Å². The number of carbonyl (C=O) groups excluding carboxylic acids is 2. The second kappa shape index (κ2) is 8.91. The zero-order valence-corrected chi connectivity index (χ0v) is 21.4. The average molecular weight is 526 g/mol. The molecule has 0 aromatic heterocycles. The summed E-state index contributed by atoms with van der Waals surface area (Å²) in [5.41, 5.74) is 6.31. The summed E-state index contributed by atoms with van der Waals surface area (Å²) in [4.78, 5) is 25.3. The fourth-order valence-corrected chi connectivity index (χ4v) is 9.00. The summed E-state index contributed by atoms with van der Waals surface area (Å²) in [5.74, 6) is -0.350. The largest absolute Gasteiger partial charge is 0.369 e. The van der Waals surface area contributed by atoms with E-state index in [9.17, 15) is 22.4 Å². The van der Waals surface area contributed by atoms with Gasteiger partial charge < -0.3 is 11.1 Å². The van der Waals surface area contributed by atoms with Crippen LogP contribution in [-0.2, 0) is 19.6 Å². The highest BCUT2D eigenvalue weighted by molar-refractivity contribution is 7.89. The number of carbonyl (C=O) groups is 2. The molecule has 2 amide bonds. The molecule has 5 fully saturated rings. The summed E-state index contributed by atoms with van der Waals surface area (Å²) < 4.78 is 43.3. The summed E-state index contributed by atoms with van der Waals surface area (Å²) in [6.45, 7) is -0.296. The Hall–Kier alpha value is -2.78. The molecule has 7 nitrogen and oxygen atoms in total. The van der Waals surface area contributed by atoms with Gasteiger partial charge in [-0.05, 0) is 80.4 Å². The molecular formula is C28H32FN3O4S. The van der Waals surface area contributed by atoms with Crippen molar-refractivity contribution in [3.8, 4) is 11.1 Å². The second-order valence-corrected chi connectivity index (χ2v) is 13.4. The predicted molar refractivity (Wildman–Crippen MR) is 136 cm³/mol. The van der Waals surface area contributed by atoms with Crippen molar-refractivity contribution in [1.82, 2.24) is 9.62 Å². The van der Waals surface area contributed by atoms with Crippen molar-refractivity contribution >= 4 is 21.8 Å². The molecule has 7 rings (SSSR count). The zero-order valence-electron chi connectivity index (χ0n) is 20.6. The molecule has 9 heteroatoms. The third kappa shape index (κ3) is 4.36. The topological polar surface area (TPSA) is 110 Å². The first-order valence-electron chi connectivity index (χ1n) is 13.1. The molecule has 196 valence electrons. The molecule has 5 saturated carbocycles. The summed E-state index contributed by atoms with van der Waals surface area (Å²) >= 11 is 0. The number of nitrogens with one attached hydrogen (secondary N) is 1. The highest BCUT2D eigenvalue weighted by Gasteiger charge is 2.58. The standard InChI is InChI=1S/C28H32FN3O4S/c29-24-12-22(8-9-23(24)18-4-2-1-3-5-18)37(35,36)32(21-6-7-21)16-25(33)31-26-19-10-17-11-20(26)15-28(13-17,14-19)27(30)34/h1-5,8-9,12,17,19-21,26H,6-7,10-11,13-16H2,(H2,30,34)(H,31,33). The van der Waals surface area contributed by atoms with E-state index >= 15 is 0 Å². The quantitative estimate of drug-likeness (QED) is 0.550. The van der Waals surface area contributed by atoms with Crippen molar-refractivity contribution in [3.05, 3.63) is 54.3 Å². The molecule has 2 aromatic rings. The molecule has 4 bridgehead atoms. The Kier molecular flexibility index (Phi) is 5.91. The van der Waals surface area contributed by atoms with Crippen LogP contribution in [-0.4, -0.2) is 43.2 Å². The van der Waals surface area contributed by atoms with Crippen LogP contribution in [0.2, 0.25) is 0 Å². The van der Waals surface area contributed by atoms with Gasteiger partial charge in [-0.2, -0.15) is 4.31 Å². The van der Waals surface area contributed by atoms with Crippen molar-refractivity contribution in [2.75, 3.05) is 6.54 Å². The van der Waals surface area contributed by atoms with E-state index in [-0.39, 0.29) is 47.2 Å². The van der Waals surface area contributed by atoms with Crippen LogP contribution in [0.3, 0.4) is 0 Å². The van der Waals surface area contributed by atoms with Crippen molar-refractivity contribution in [3.63, 3.8) is 0 Å². The smallest absolute Gasteiger partial charge is 0.243 e. The SMILES string of the molecule is NC(=O)C12CC3CC(C1)C(NC(=O)CN(C1CC1)S(=O)(=O)c1ccc(-c4ccccc4)c(F)c1)C(C3)C2. The highest BCUT2D eigenvalue weighted by atomic mass is 32.2. The normalized spacial score (nSPS) is 30.4. The van der Waals surface area contributed by atoms with Gasteiger partial charge in [0.1, 0.15) is 5.82 Å². The van der Waals surface area contributed by atoms with Gasteiger partial charge in [-0.25, -0.2) is 12.8 Å². The molecule has 0 saturated heterocycles. The molecule has 2 aromatic carbocycles. The summed E-state index contributed by atoms with van der Waals surface area (Å²) in [6.07, 6.45) is 5.52. The van der Waals surface area contributed by atoms with Gasteiger partial charge in [0.2, 0.25) is 21.8 Å². The van der Waals surface area contributed by atoms with Crippen LogP contribution in [0.1, 0.15) is 44.9 Å². The van der Waals surface area contributed by atoms with E-state index in [0.717, 1.165) is 25.3 Å². The molecule has 0 aliphatic heterocycles. The van der Waals surface area contributed by atoms with E-state index in [1.807, 2.05) is 6.07 Å². The van der Waals surface area contributed by atoms with Crippen molar-refractivity contribution in [2.45, 2.75) is 61.9 Å². The van der Waals surface area contributed by atoms with Gasteiger partial charge in [-0.1, -0.05) is 36.4 Å². The molecule has 37 heavy (non-hydrogen) atoms. The van der Waals surface area contributed by atoms with Gasteiger partial charge in [0.15, 0.2) is 0 Å². The Bertz CT molecular complexity index is 1330. The Morgan fingerprint density at radius 2 is 1.70 bits per heavy atom. The van der Waals surface area contributed by atoms with Crippen LogP contribution in [0.25, 0.3) is 11.1 Å². The van der Waals surface area contributed by atoms with E-state index in [4.69, 9.17) is 5.73 Å². The van der Waals surface area contributed by atoms with Crippen LogP contribution in [0.4, 0.5) is 4.39 Å². The van der Waals surface area contributed by atoms with Crippen LogP contribution in [0.15, 0.2) is 53.4 Å². The number of primary amides is 1. The zero-order chi connectivity index (χ0) is 25.9. The Balaban J connectivity index is 1.18. The van der Waals surface area contributed by atoms with E-state index < -0.39 is 21.3 Å². The first-order valence-corrected chi connectivity index (χ1v) is 14.6. The maximum Gasteiger partial charge on any atom is 0.243 e. The summed E-state index contributed by atoms with van der Waals surface area (Å²) in [5, 5.41) is 3.13. The molecule has 3 N–H and O–H groups in total. The lowest BCUT2D eigenvalue weighted by Gasteiger charge is -2.58. The van der Waals surface area contributed by atoms with Gasteiger partial charge in [-0.15, -0.1) is 0 Å². The molecule has 2 unspecified atom stereocenters.